The number of nitrogens with two attached hydrogens (primary N) is 1. The highest BCUT2D eigenvalue weighted by atomic mass is 35.5. The van der Waals surface area contributed by atoms with Crippen LogP contribution in [0.3, 0.4) is 0 Å². The van der Waals surface area contributed by atoms with Crippen LogP contribution < -0.4 is 10.5 Å². The molecule has 0 aliphatic heterocycles. The third kappa shape index (κ3) is 3.61. The number of aliphatic hydroxyl groups is 1. The summed E-state index contributed by atoms with van der Waals surface area (Å²) in [5, 5.41) is 9.94. The molecule has 0 aliphatic rings. The summed E-state index contributed by atoms with van der Waals surface area (Å²) in [6, 6.07) is 3.83. The number of hydrogen-bond donors (Lipinski definition) is 2. The third-order valence-electron chi connectivity index (χ3n) is 3.09. The fraction of sp³-hybridized carbons (Fsp3) is 0.571. The Morgan fingerprint density at radius 3 is 2.50 bits per heavy atom. The van der Waals surface area contributed by atoms with Crippen molar-refractivity contribution in [3.8, 4) is 5.75 Å². The summed E-state index contributed by atoms with van der Waals surface area (Å²) in [6.07, 6.45) is 0.677. The van der Waals surface area contributed by atoms with E-state index in [2.05, 4.69) is 13.8 Å². The second-order valence-corrected chi connectivity index (χ2v) is 5.27. The van der Waals surface area contributed by atoms with Crippen LogP contribution in [0.1, 0.15) is 30.9 Å². The maximum Gasteiger partial charge on any atom is 0.125 e. The van der Waals surface area contributed by atoms with E-state index in [-0.39, 0.29) is 12.5 Å². The maximum absolute atomic E-state index is 9.24. The monoisotopic (exact) mass is 271 g/mol. The first kappa shape index (κ1) is 15.3. The highest BCUT2D eigenvalue weighted by molar-refractivity contribution is 6.30. The van der Waals surface area contributed by atoms with Gasteiger partial charge in [-0.2, -0.15) is 0 Å². The van der Waals surface area contributed by atoms with E-state index in [1.54, 1.807) is 7.11 Å². The number of halogens is 1. The molecule has 0 aromatic heterocycles. The Morgan fingerprint density at radius 1 is 1.39 bits per heavy atom. The molecule has 1 aromatic carbocycles. The predicted molar refractivity (Wildman–Crippen MR) is 75.4 cm³/mol. The number of methoxy groups -OCH3 is 1. The Hall–Kier alpha value is -0.770. The van der Waals surface area contributed by atoms with Crippen LogP contribution >= 0.6 is 11.6 Å². The summed E-state index contributed by atoms with van der Waals surface area (Å²) in [5.74, 6) is 1.24. The smallest absolute Gasteiger partial charge is 0.125 e. The van der Waals surface area contributed by atoms with Crippen LogP contribution in [0.2, 0.25) is 5.02 Å². The molecule has 0 aliphatic carbocycles. The van der Waals surface area contributed by atoms with Crippen molar-refractivity contribution in [2.24, 2.45) is 11.7 Å². The SMILES string of the molecule is COc1c(CC(CN)CO)cc(Cl)cc1C(C)C. The molecule has 3 nitrogen and oxygen atoms in total. The second-order valence-electron chi connectivity index (χ2n) is 4.83. The van der Waals surface area contributed by atoms with Crippen molar-refractivity contribution >= 4 is 11.6 Å². The molecule has 0 saturated heterocycles. The van der Waals surface area contributed by atoms with Crippen LogP contribution in [0.15, 0.2) is 12.1 Å². The van der Waals surface area contributed by atoms with Gasteiger partial charge < -0.3 is 15.6 Å². The summed E-state index contributed by atoms with van der Waals surface area (Å²) < 4.78 is 5.50. The van der Waals surface area contributed by atoms with Gasteiger partial charge in [0.1, 0.15) is 5.75 Å². The molecule has 0 fully saturated rings. The van der Waals surface area contributed by atoms with Gasteiger partial charge in [0.25, 0.3) is 0 Å². The molecule has 102 valence electrons. The molecule has 0 bridgehead atoms. The van der Waals surface area contributed by atoms with Crippen molar-refractivity contribution in [3.63, 3.8) is 0 Å². The first-order valence-electron chi connectivity index (χ1n) is 6.20. The summed E-state index contributed by atoms with van der Waals surface area (Å²) in [5.41, 5.74) is 7.73. The van der Waals surface area contributed by atoms with E-state index in [9.17, 15) is 5.11 Å². The van der Waals surface area contributed by atoms with Gasteiger partial charge in [-0.1, -0.05) is 25.4 Å². The van der Waals surface area contributed by atoms with Gasteiger partial charge in [0, 0.05) is 11.6 Å². The van der Waals surface area contributed by atoms with Crippen molar-refractivity contribution in [1.29, 1.82) is 0 Å². The molecule has 0 amide bonds. The second kappa shape index (κ2) is 6.98. The van der Waals surface area contributed by atoms with Crippen molar-refractivity contribution in [3.05, 3.63) is 28.3 Å². The van der Waals surface area contributed by atoms with Crippen LogP contribution in [0.25, 0.3) is 0 Å². The minimum Gasteiger partial charge on any atom is -0.496 e. The van der Waals surface area contributed by atoms with Gasteiger partial charge in [-0.05, 0) is 48.1 Å². The molecular weight excluding hydrogens is 250 g/mol. The highest BCUT2D eigenvalue weighted by Gasteiger charge is 2.16. The van der Waals surface area contributed by atoms with Crippen LogP contribution in [0, 0.1) is 5.92 Å². The van der Waals surface area contributed by atoms with Gasteiger partial charge in [0.15, 0.2) is 0 Å². The quantitative estimate of drug-likeness (QED) is 0.836. The van der Waals surface area contributed by atoms with Gasteiger partial charge in [0.05, 0.1) is 7.11 Å². The summed E-state index contributed by atoms with van der Waals surface area (Å²) in [6.45, 7) is 4.72. The minimum atomic E-state index is 0.0392. The maximum atomic E-state index is 9.24. The first-order chi connectivity index (χ1) is 8.53. The molecule has 0 heterocycles. The van der Waals surface area contributed by atoms with E-state index in [1.165, 1.54) is 0 Å². The summed E-state index contributed by atoms with van der Waals surface area (Å²) >= 11 is 6.14. The van der Waals surface area contributed by atoms with E-state index < -0.39 is 0 Å². The lowest BCUT2D eigenvalue weighted by molar-refractivity contribution is 0.229. The van der Waals surface area contributed by atoms with Gasteiger partial charge in [-0.25, -0.2) is 0 Å². The van der Waals surface area contributed by atoms with E-state index >= 15 is 0 Å². The normalized spacial score (nSPS) is 12.8. The first-order valence-corrected chi connectivity index (χ1v) is 6.58. The Balaban J connectivity index is 3.16. The molecular formula is C14H22ClNO2. The third-order valence-corrected chi connectivity index (χ3v) is 3.30. The lowest BCUT2D eigenvalue weighted by Gasteiger charge is -2.19. The number of benzene rings is 1. The molecule has 1 aromatic rings. The number of aliphatic hydroxyl groups excluding tert-OH is 1. The predicted octanol–water partition coefficient (Wildman–Crippen LogP) is 2.58. The summed E-state index contributed by atoms with van der Waals surface area (Å²) in [4.78, 5) is 0. The van der Waals surface area contributed by atoms with Crippen molar-refractivity contribution in [2.45, 2.75) is 26.2 Å². The molecule has 0 radical (unpaired) electrons. The highest BCUT2D eigenvalue weighted by Crippen LogP contribution is 2.34. The molecule has 0 saturated carbocycles. The summed E-state index contributed by atoms with van der Waals surface area (Å²) in [7, 11) is 1.66. The Kier molecular flexibility index (Phi) is 5.93. The Morgan fingerprint density at radius 2 is 2.06 bits per heavy atom. The Labute approximate surface area is 114 Å². The van der Waals surface area contributed by atoms with E-state index in [1.807, 2.05) is 12.1 Å². The molecule has 0 spiro atoms. The number of rotatable bonds is 6. The van der Waals surface area contributed by atoms with Crippen LogP contribution in [0.5, 0.6) is 5.75 Å². The zero-order valence-electron chi connectivity index (χ0n) is 11.2. The topological polar surface area (TPSA) is 55.5 Å². The molecule has 3 N–H and O–H groups in total. The fourth-order valence-corrected chi connectivity index (χ4v) is 2.29. The average Bonchev–Trinajstić information content (AvgIpc) is 2.35. The van der Waals surface area contributed by atoms with E-state index in [0.29, 0.717) is 23.9 Å². The van der Waals surface area contributed by atoms with E-state index in [0.717, 1.165) is 16.9 Å². The molecule has 18 heavy (non-hydrogen) atoms. The van der Waals surface area contributed by atoms with Gasteiger partial charge in [-0.3, -0.25) is 0 Å². The van der Waals surface area contributed by atoms with Gasteiger partial charge >= 0.3 is 0 Å². The zero-order valence-corrected chi connectivity index (χ0v) is 12.0. The molecule has 4 heteroatoms. The standard InChI is InChI=1S/C14H22ClNO2/c1-9(2)13-6-12(15)5-11(14(13)18-3)4-10(7-16)8-17/h5-6,9-10,17H,4,7-8,16H2,1-3H3. The van der Waals surface area contributed by atoms with Crippen molar-refractivity contribution < 1.29 is 9.84 Å². The van der Waals surface area contributed by atoms with Crippen molar-refractivity contribution in [1.82, 2.24) is 0 Å². The molecule has 1 unspecified atom stereocenters. The van der Waals surface area contributed by atoms with Gasteiger partial charge in [-0.15, -0.1) is 0 Å². The number of hydrogen-bond acceptors (Lipinski definition) is 3. The van der Waals surface area contributed by atoms with Crippen LogP contribution in [-0.2, 0) is 6.42 Å². The average molecular weight is 272 g/mol. The molecule has 1 rings (SSSR count). The fourth-order valence-electron chi connectivity index (χ4n) is 2.04. The number of ether oxygens (including phenoxy) is 1. The largest absolute Gasteiger partial charge is 0.496 e. The lowest BCUT2D eigenvalue weighted by Crippen LogP contribution is -2.20. The zero-order chi connectivity index (χ0) is 13.7. The van der Waals surface area contributed by atoms with Gasteiger partial charge in [0.2, 0.25) is 0 Å². The lowest BCUT2D eigenvalue weighted by atomic mass is 9.93. The molecule has 1 atom stereocenters. The van der Waals surface area contributed by atoms with Crippen LogP contribution in [-0.4, -0.2) is 25.4 Å². The van der Waals surface area contributed by atoms with Crippen LogP contribution in [0.4, 0.5) is 0 Å². The Bertz CT molecular complexity index is 390. The minimum absolute atomic E-state index is 0.0392. The van der Waals surface area contributed by atoms with Crippen molar-refractivity contribution in [2.75, 3.05) is 20.3 Å². The van der Waals surface area contributed by atoms with E-state index in [4.69, 9.17) is 22.1 Å².